The fourth-order valence-corrected chi connectivity index (χ4v) is 2.46. The summed E-state index contributed by atoms with van der Waals surface area (Å²) in [4.78, 5) is 0. The molecule has 1 aromatic rings. The van der Waals surface area contributed by atoms with Crippen molar-refractivity contribution in [1.29, 1.82) is 0 Å². The third-order valence-corrected chi connectivity index (χ3v) is 3.71. The summed E-state index contributed by atoms with van der Waals surface area (Å²) in [6.07, 6.45) is 3.44. The second kappa shape index (κ2) is 10.4. The Morgan fingerprint density at radius 3 is 2.79 bits per heavy atom. The molecule has 19 heavy (non-hydrogen) atoms. The average Bonchev–Trinajstić information content (AvgIpc) is 2.42. The highest BCUT2D eigenvalue weighted by Gasteiger charge is 2.11. The van der Waals surface area contributed by atoms with Crippen LogP contribution in [0.25, 0.3) is 0 Å². The Balaban J connectivity index is 2.47. The summed E-state index contributed by atoms with van der Waals surface area (Å²) in [5.41, 5.74) is 1.38. The van der Waals surface area contributed by atoms with Crippen LogP contribution >= 0.6 is 15.9 Å². The quantitative estimate of drug-likeness (QED) is 0.645. The van der Waals surface area contributed by atoms with Gasteiger partial charge in [0.25, 0.3) is 0 Å². The van der Waals surface area contributed by atoms with Crippen LogP contribution in [0.15, 0.2) is 28.7 Å². The van der Waals surface area contributed by atoms with Gasteiger partial charge in [-0.25, -0.2) is 0 Å². The largest absolute Gasteiger partial charge is 0.381 e. The highest BCUT2D eigenvalue weighted by molar-refractivity contribution is 9.10. The van der Waals surface area contributed by atoms with Crippen LogP contribution in [0.5, 0.6) is 0 Å². The van der Waals surface area contributed by atoms with E-state index in [-0.39, 0.29) is 0 Å². The second-order valence-electron chi connectivity index (χ2n) is 4.81. The van der Waals surface area contributed by atoms with Gasteiger partial charge >= 0.3 is 0 Å². The molecule has 108 valence electrons. The number of hydrogen-bond donors (Lipinski definition) is 1. The molecule has 0 aliphatic heterocycles. The lowest BCUT2D eigenvalue weighted by molar-refractivity contribution is 0.124. The van der Waals surface area contributed by atoms with Gasteiger partial charge in [0, 0.05) is 24.2 Å². The van der Waals surface area contributed by atoms with E-state index in [9.17, 15) is 0 Å². The zero-order valence-electron chi connectivity index (χ0n) is 12.1. The topological polar surface area (TPSA) is 21.3 Å². The standard InChI is InChI=1S/C16H26BrNO/c1-3-5-10-19-11-9-15(13-18-4-2)14-7-6-8-16(17)12-14/h6-8,12,15,18H,3-5,9-11,13H2,1-2H3. The minimum atomic E-state index is 0.527. The molecule has 0 amide bonds. The number of benzene rings is 1. The average molecular weight is 328 g/mol. The number of likely N-dealkylation sites (N-methyl/N-ethyl adjacent to an activating group) is 1. The number of nitrogens with one attached hydrogen (secondary N) is 1. The second-order valence-corrected chi connectivity index (χ2v) is 5.73. The molecule has 0 bridgehead atoms. The molecule has 3 heteroatoms. The lowest BCUT2D eigenvalue weighted by atomic mass is 9.96. The summed E-state index contributed by atoms with van der Waals surface area (Å²) < 4.78 is 6.85. The first-order chi connectivity index (χ1) is 9.27. The summed E-state index contributed by atoms with van der Waals surface area (Å²) in [7, 11) is 0. The van der Waals surface area contributed by atoms with E-state index in [1.165, 1.54) is 12.0 Å². The first-order valence-corrected chi connectivity index (χ1v) is 8.11. The van der Waals surface area contributed by atoms with Crippen LogP contribution in [-0.2, 0) is 4.74 Å². The summed E-state index contributed by atoms with van der Waals surface area (Å²) in [6, 6.07) is 8.61. The predicted molar refractivity (Wildman–Crippen MR) is 85.8 cm³/mol. The fourth-order valence-electron chi connectivity index (χ4n) is 2.04. The van der Waals surface area contributed by atoms with Crippen LogP contribution in [0.3, 0.4) is 0 Å². The molecule has 1 atom stereocenters. The lowest BCUT2D eigenvalue weighted by Crippen LogP contribution is -2.22. The van der Waals surface area contributed by atoms with Crippen molar-refractivity contribution in [2.24, 2.45) is 0 Å². The van der Waals surface area contributed by atoms with E-state index < -0.39 is 0 Å². The van der Waals surface area contributed by atoms with Crippen molar-refractivity contribution in [3.8, 4) is 0 Å². The van der Waals surface area contributed by atoms with E-state index in [1.54, 1.807) is 0 Å². The molecule has 0 fully saturated rings. The summed E-state index contributed by atoms with van der Waals surface area (Å²) in [5.74, 6) is 0.527. The predicted octanol–water partition coefficient (Wildman–Crippen LogP) is 4.35. The van der Waals surface area contributed by atoms with Gasteiger partial charge in [-0.15, -0.1) is 0 Å². The van der Waals surface area contributed by atoms with Crippen molar-refractivity contribution in [3.63, 3.8) is 0 Å². The van der Waals surface area contributed by atoms with Crippen LogP contribution in [0.4, 0.5) is 0 Å². The molecule has 1 N–H and O–H groups in total. The van der Waals surface area contributed by atoms with Gasteiger partial charge in [0.15, 0.2) is 0 Å². The Labute approximate surface area is 126 Å². The molecule has 0 radical (unpaired) electrons. The Bertz CT molecular complexity index is 343. The summed E-state index contributed by atoms with van der Waals surface area (Å²) in [6.45, 7) is 8.12. The monoisotopic (exact) mass is 327 g/mol. The van der Waals surface area contributed by atoms with Crippen LogP contribution < -0.4 is 5.32 Å². The molecule has 0 spiro atoms. The van der Waals surface area contributed by atoms with E-state index in [4.69, 9.17) is 4.74 Å². The first-order valence-electron chi connectivity index (χ1n) is 7.31. The van der Waals surface area contributed by atoms with Gasteiger partial charge in [0.1, 0.15) is 0 Å². The third-order valence-electron chi connectivity index (χ3n) is 3.21. The van der Waals surface area contributed by atoms with Crippen LogP contribution in [0.1, 0.15) is 44.6 Å². The highest BCUT2D eigenvalue weighted by Crippen LogP contribution is 2.22. The normalized spacial score (nSPS) is 12.6. The number of unbranched alkanes of at least 4 members (excludes halogenated alkanes) is 1. The zero-order chi connectivity index (χ0) is 13.9. The molecule has 1 aromatic carbocycles. The Morgan fingerprint density at radius 2 is 2.11 bits per heavy atom. The maximum Gasteiger partial charge on any atom is 0.0472 e. The summed E-state index contributed by atoms with van der Waals surface area (Å²) in [5, 5.41) is 3.45. The van der Waals surface area contributed by atoms with Gasteiger partial charge in [-0.2, -0.15) is 0 Å². The maximum absolute atomic E-state index is 5.70. The number of rotatable bonds is 10. The SMILES string of the molecule is CCCCOCCC(CNCC)c1cccc(Br)c1. The molecule has 2 nitrogen and oxygen atoms in total. The molecule has 0 saturated heterocycles. The van der Waals surface area contributed by atoms with Gasteiger partial charge in [0.05, 0.1) is 0 Å². The molecular formula is C16H26BrNO. The molecule has 0 aliphatic carbocycles. The Morgan fingerprint density at radius 1 is 1.26 bits per heavy atom. The van der Waals surface area contributed by atoms with Crippen molar-refractivity contribution in [1.82, 2.24) is 5.32 Å². The van der Waals surface area contributed by atoms with E-state index in [0.29, 0.717) is 5.92 Å². The molecule has 0 saturated carbocycles. The van der Waals surface area contributed by atoms with Crippen molar-refractivity contribution in [2.75, 3.05) is 26.3 Å². The highest BCUT2D eigenvalue weighted by atomic mass is 79.9. The van der Waals surface area contributed by atoms with E-state index >= 15 is 0 Å². The van der Waals surface area contributed by atoms with E-state index in [0.717, 1.165) is 43.6 Å². The Kier molecular flexibility index (Phi) is 9.14. The summed E-state index contributed by atoms with van der Waals surface area (Å²) >= 11 is 3.55. The number of hydrogen-bond acceptors (Lipinski definition) is 2. The van der Waals surface area contributed by atoms with Gasteiger partial charge < -0.3 is 10.1 Å². The van der Waals surface area contributed by atoms with Crippen molar-refractivity contribution < 1.29 is 4.74 Å². The van der Waals surface area contributed by atoms with Crippen molar-refractivity contribution in [3.05, 3.63) is 34.3 Å². The lowest BCUT2D eigenvalue weighted by Gasteiger charge is -2.18. The smallest absolute Gasteiger partial charge is 0.0472 e. The van der Waals surface area contributed by atoms with E-state index in [1.807, 2.05) is 0 Å². The number of ether oxygens (including phenoxy) is 1. The molecular weight excluding hydrogens is 302 g/mol. The van der Waals surface area contributed by atoms with Gasteiger partial charge in [0.2, 0.25) is 0 Å². The molecule has 0 aromatic heterocycles. The zero-order valence-corrected chi connectivity index (χ0v) is 13.7. The fraction of sp³-hybridized carbons (Fsp3) is 0.625. The van der Waals surface area contributed by atoms with Crippen LogP contribution in [0.2, 0.25) is 0 Å². The number of halogens is 1. The molecule has 0 heterocycles. The van der Waals surface area contributed by atoms with E-state index in [2.05, 4.69) is 59.4 Å². The minimum Gasteiger partial charge on any atom is -0.381 e. The molecule has 1 rings (SSSR count). The van der Waals surface area contributed by atoms with Gasteiger partial charge in [-0.1, -0.05) is 48.3 Å². The first kappa shape index (κ1) is 16.7. The van der Waals surface area contributed by atoms with Crippen molar-refractivity contribution >= 4 is 15.9 Å². The molecule has 1 unspecified atom stereocenters. The van der Waals surface area contributed by atoms with Gasteiger partial charge in [-0.05, 0) is 43.0 Å². The van der Waals surface area contributed by atoms with Crippen LogP contribution in [0, 0.1) is 0 Å². The Hall–Kier alpha value is -0.380. The van der Waals surface area contributed by atoms with Gasteiger partial charge in [-0.3, -0.25) is 0 Å². The minimum absolute atomic E-state index is 0.527. The molecule has 0 aliphatic rings. The van der Waals surface area contributed by atoms with Crippen molar-refractivity contribution in [2.45, 2.75) is 39.0 Å². The third kappa shape index (κ3) is 7.09. The maximum atomic E-state index is 5.70. The van der Waals surface area contributed by atoms with Crippen LogP contribution in [-0.4, -0.2) is 26.3 Å².